The number of aromatic nitrogens is 5. The van der Waals surface area contributed by atoms with Gasteiger partial charge in [-0.25, -0.2) is 14.8 Å². The Bertz CT molecular complexity index is 1010. The minimum absolute atomic E-state index is 0.265. The normalized spacial score (nSPS) is 11.7. The first-order chi connectivity index (χ1) is 10.8. The molecule has 0 saturated carbocycles. The van der Waals surface area contributed by atoms with E-state index in [0.717, 1.165) is 15.3 Å². The van der Waals surface area contributed by atoms with Gasteiger partial charge in [0, 0.05) is 25.4 Å². The number of halogens is 1. The number of imidazole rings is 1. The summed E-state index contributed by atoms with van der Waals surface area (Å²) in [5, 5.41) is 3.05. The van der Waals surface area contributed by atoms with Crippen LogP contribution in [0.5, 0.6) is 0 Å². The van der Waals surface area contributed by atoms with Gasteiger partial charge in [0.15, 0.2) is 15.9 Å². The molecule has 3 aromatic heterocycles. The predicted molar refractivity (Wildman–Crippen MR) is 93.2 cm³/mol. The van der Waals surface area contributed by atoms with Crippen LogP contribution < -0.4 is 11.2 Å². The molecule has 0 unspecified atom stereocenters. The smallest absolute Gasteiger partial charge is 0.298 e. The molecule has 0 N–H and O–H groups in total. The standard InChI is InChI=1S/C14H16BrN5O2S/c1-7(2)10-16-8(6-23-10)5-20-11-9(17-13(20)15)12(21)19(4)14(22)18(11)3/h6-7H,5H2,1-4H3. The van der Waals surface area contributed by atoms with Gasteiger partial charge in [-0.2, -0.15) is 0 Å². The highest BCUT2D eigenvalue weighted by Gasteiger charge is 2.18. The van der Waals surface area contributed by atoms with Gasteiger partial charge >= 0.3 is 5.69 Å². The zero-order chi connectivity index (χ0) is 16.9. The molecule has 0 saturated heterocycles. The number of aryl methyl sites for hydroxylation is 1. The van der Waals surface area contributed by atoms with Crippen molar-refractivity contribution in [2.75, 3.05) is 0 Å². The Labute approximate surface area is 144 Å². The van der Waals surface area contributed by atoms with E-state index in [1.165, 1.54) is 11.6 Å². The van der Waals surface area contributed by atoms with E-state index in [1.807, 2.05) is 5.38 Å². The number of fused-ring (bicyclic) bond motifs is 1. The van der Waals surface area contributed by atoms with Gasteiger partial charge in [-0.1, -0.05) is 13.8 Å². The first kappa shape index (κ1) is 16.1. The molecule has 0 aliphatic heterocycles. The van der Waals surface area contributed by atoms with Crippen LogP contribution in [0.1, 0.15) is 30.5 Å². The largest absolute Gasteiger partial charge is 0.332 e. The molecule has 0 amide bonds. The van der Waals surface area contributed by atoms with E-state index in [4.69, 9.17) is 0 Å². The van der Waals surface area contributed by atoms with Crippen molar-refractivity contribution < 1.29 is 0 Å². The number of rotatable bonds is 3. The maximum atomic E-state index is 12.3. The molecule has 9 heteroatoms. The lowest BCUT2D eigenvalue weighted by molar-refractivity contribution is 0.680. The predicted octanol–water partition coefficient (Wildman–Crippen LogP) is 1.82. The van der Waals surface area contributed by atoms with Gasteiger partial charge in [0.25, 0.3) is 5.56 Å². The van der Waals surface area contributed by atoms with E-state index in [2.05, 4.69) is 39.7 Å². The summed E-state index contributed by atoms with van der Waals surface area (Å²) in [7, 11) is 3.09. The quantitative estimate of drug-likeness (QED) is 0.631. The fourth-order valence-corrected chi connectivity index (χ4v) is 3.72. The van der Waals surface area contributed by atoms with Crippen molar-refractivity contribution in [3.63, 3.8) is 0 Å². The molecule has 0 atom stereocenters. The molecule has 23 heavy (non-hydrogen) atoms. The van der Waals surface area contributed by atoms with Crippen LogP contribution in [0.4, 0.5) is 0 Å². The van der Waals surface area contributed by atoms with Crippen molar-refractivity contribution in [2.24, 2.45) is 14.1 Å². The van der Waals surface area contributed by atoms with Gasteiger partial charge in [0.1, 0.15) is 0 Å². The number of hydrogen-bond donors (Lipinski definition) is 0. The zero-order valence-corrected chi connectivity index (χ0v) is 15.6. The van der Waals surface area contributed by atoms with Crippen molar-refractivity contribution in [1.82, 2.24) is 23.7 Å². The topological polar surface area (TPSA) is 74.7 Å². The second kappa shape index (κ2) is 5.72. The van der Waals surface area contributed by atoms with E-state index in [-0.39, 0.29) is 11.2 Å². The fraction of sp³-hybridized carbons (Fsp3) is 0.429. The average Bonchev–Trinajstić information content (AvgIpc) is 3.09. The summed E-state index contributed by atoms with van der Waals surface area (Å²) in [6, 6.07) is 0. The Morgan fingerprint density at radius 3 is 2.52 bits per heavy atom. The van der Waals surface area contributed by atoms with Crippen LogP contribution in [0.2, 0.25) is 0 Å². The number of nitrogens with zero attached hydrogens (tertiary/aromatic N) is 5. The van der Waals surface area contributed by atoms with Gasteiger partial charge < -0.3 is 0 Å². The number of thiazole rings is 1. The lowest BCUT2D eigenvalue weighted by Crippen LogP contribution is -2.37. The van der Waals surface area contributed by atoms with Gasteiger partial charge in [-0.3, -0.25) is 18.5 Å². The molecule has 3 aromatic rings. The third-order valence-corrected chi connectivity index (χ3v) is 5.48. The molecule has 0 aromatic carbocycles. The average molecular weight is 398 g/mol. The third-order valence-electron chi connectivity index (χ3n) is 3.68. The van der Waals surface area contributed by atoms with Gasteiger partial charge in [0.05, 0.1) is 17.2 Å². The van der Waals surface area contributed by atoms with Crippen LogP contribution in [0.3, 0.4) is 0 Å². The Kier molecular flexibility index (Phi) is 4.01. The first-order valence-corrected chi connectivity index (χ1v) is 8.74. The molecule has 7 nitrogen and oxygen atoms in total. The van der Waals surface area contributed by atoms with Crippen LogP contribution in [-0.2, 0) is 20.6 Å². The summed E-state index contributed by atoms with van der Waals surface area (Å²) in [4.78, 5) is 33.3. The molecule has 0 fully saturated rings. The summed E-state index contributed by atoms with van der Waals surface area (Å²) >= 11 is 4.99. The molecule has 0 radical (unpaired) electrons. The van der Waals surface area contributed by atoms with Crippen LogP contribution in [0.25, 0.3) is 11.2 Å². The van der Waals surface area contributed by atoms with E-state index >= 15 is 0 Å². The minimum atomic E-state index is -0.399. The molecular weight excluding hydrogens is 382 g/mol. The third kappa shape index (κ3) is 2.57. The Hall–Kier alpha value is -1.74. The van der Waals surface area contributed by atoms with Crippen LogP contribution in [0.15, 0.2) is 19.7 Å². The second-order valence-corrected chi connectivity index (χ2v) is 7.28. The lowest BCUT2D eigenvalue weighted by atomic mass is 10.2. The van der Waals surface area contributed by atoms with Gasteiger partial charge in [-0.05, 0) is 15.9 Å². The molecule has 0 aliphatic rings. The number of hydrogen-bond acceptors (Lipinski definition) is 5. The van der Waals surface area contributed by atoms with Crippen molar-refractivity contribution >= 4 is 38.4 Å². The second-order valence-electron chi connectivity index (χ2n) is 5.68. The Morgan fingerprint density at radius 1 is 1.22 bits per heavy atom. The molecule has 3 rings (SSSR count). The van der Waals surface area contributed by atoms with Crippen LogP contribution in [-0.4, -0.2) is 23.7 Å². The van der Waals surface area contributed by atoms with Crippen LogP contribution >= 0.6 is 27.3 Å². The molecule has 0 aliphatic carbocycles. The maximum absolute atomic E-state index is 12.3. The molecule has 122 valence electrons. The fourth-order valence-electron chi connectivity index (χ4n) is 2.43. The molecule has 0 bridgehead atoms. The van der Waals surface area contributed by atoms with Crippen molar-refractivity contribution in [3.8, 4) is 0 Å². The molecular formula is C14H16BrN5O2S. The minimum Gasteiger partial charge on any atom is -0.298 e. The summed E-state index contributed by atoms with van der Waals surface area (Å²) in [5.41, 5.74) is 0.859. The van der Waals surface area contributed by atoms with E-state index in [1.54, 1.807) is 23.0 Å². The Morgan fingerprint density at radius 2 is 1.91 bits per heavy atom. The highest BCUT2D eigenvalue weighted by atomic mass is 79.9. The zero-order valence-electron chi connectivity index (χ0n) is 13.2. The highest BCUT2D eigenvalue weighted by molar-refractivity contribution is 9.10. The summed E-state index contributed by atoms with van der Waals surface area (Å²) in [6.45, 7) is 4.64. The van der Waals surface area contributed by atoms with Crippen molar-refractivity contribution in [3.05, 3.63) is 41.7 Å². The van der Waals surface area contributed by atoms with Crippen molar-refractivity contribution in [1.29, 1.82) is 0 Å². The maximum Gasteiger partial charge on any atom is 0.332 e. The SMILES string of the molecule is CC(C)c1nc(Cn2c(Br)nc3c(=O)n(C)c(=O)n(C)c32)cs1. The summed E-state index contributed by atoms with van der Waals surface area (Å²) < 4.78 is 4.79. The monoisotopic (exact) mass is 397 g/mol. The summed E-state index contributed by atoms with van der Waals surface area (Å²) in [6.07, 6.45) is 0. The van der Waals surface area contributed by atoms with Gasteiger partial charge in [0.2, 0.25) is 0 Å². The lowest BCUT2D eigenvalue weighted by Gasteiger charge is -2.08. The van der Waals surface area contributed by atoms with E-state index in [0.29, 0.717) is 22.8 Å². The Balaban J connectivity index is 2.19. The van der Waals surface area contributed by atoms with Crippen LogP contribution in [0, 0.1) is 0 Å². The van der Waals surface area contributed by atoms with Crippen molar-refractivity contribution in [2.45, 2.75) is 26.3 Å². The van der Waals surface area contributed by atoms with Gasteiger partial charge in [-0.15, -0.1) is 11.3 Å². The van der Waals surface area contributed by atoms with E-state index < -0.39 is 5.56 Å². The first-order valence-electron chi connectivity index (χ1n) is 7.07. The van der Waals surface area contributed by atoms with E-state index in [9.17, 15) is 9.59 Å². The molecule has 3 heterocycles. The summed E-state index contributed by atoms with van der Waals surface area (Å²) in [5.74, 6) is 0.369. The highest BCUT2D eigenvalue weighted by Crippen LogP contribution is 2.22. The molecule has 0 spiro atoms.